The highest BCUT2D eigenvalue weighted by molar-refractivity contribution is 6.04. The molecule has 1 amide bonds. The van der Waals surface area contributed by atoms with Crippen LogP contribution in [0.25, 0.3) is 0 Å². The van der Waals surface area contributed by atoms with Crippen molar-refractivity contribution in [1.82, 2.24) is 4.90 Å². The second kappa shape index (κ2) is 6.79. The third-order valence-electron chi connectivity index (χ3n) is 4.24. The normalized spacial score (nSPS) is 16.2. The van der Waals surface area contributed by atoms with E-state index in [1.54, 1.807) is 30.3 Å². The smallest absolute Gasteiger partial charge is 0.291 e. The van der Waals surface area contributed by atoms with Gasteiger partial charge >= 0.3 is 0 Å². The lowest BCUT2D eigenvalue weighted by molar-refractivity contribution is 0.0856. The zero-order chi connectivity index (χ0) is 16.2. The first-order valence-corrected chi connectivity index (χ1v) is 7.81. The number of hydrogen-bond donors (Lipinski definition) is 1. The zero-order valence-electron chi connectivity index (χ0n) is 13.1. The van der Waals surface area contributed by atoms with Crippen LogP contribution in [0, 0.1) is 5.92 Å². The Morgan fingerprint density at radius 2 is 1.96 bits per heavy atom. The molecule has 2 aromatic rings. The Kier molecular flexibility index (Phi) is 4.57. The predicted molar refractivity (Wildman–Crippen MR) is 87.7 cm³/mol. The van der Waals surface area contributed by atoms with E-state index in [0.717, 1.165) is 25.9 Å². The van der Waals surface area contributed by atoms with Gasteiger partial charge in [0.05, 0.1) is 6.26 Å². The lowest BCUT2D eigenvalue weighted by Crippen LogP contribution is -2.33. The number of nitrogens with zero attached hydrogens (tertiary/aromatic N) is 1. The second-order valence-corrected chi connectivity index (χ2v) is 5.95. The number of hydrogen-bond acceptors (Lipinski definition) is 4. The number of nitrogens with one attached hydrogen (secondary N) is 1. The Hall–Kier alpha value is -2.40. The molecule has 0 radical (unpaired) electrons. The van der Waals surface area contributed by atoms with E-state index in [2.05, 4.69) is 17.3 Å². The van der Waals surface area contributed by atoms with Crippen LogP contribution >= 0.6 is 0 Å². The SMILES string of the molecule is CN1CCC(C(=O)c2cccc(NC(=O)c3ccco3)c2)CC1. The van der Waals surface area contributed by atoms with Gasteiger partial charge < -0.3 is 14.6 Å². The molecule has 1 aromatic carbocycles. The molecule has 0 bridgehead atoms. The quantitative estimate of drug-likeness (QED) is 0.881. The molecule has 0 spiro atoms. The summed E-state index contributed by atoms with van der Waals surface area (Å²) in [6.45, 7) is 1.90. The summed E-state index contributed by atoms with van der Waals surface area (Å²) in [5.74, 6) is 0.158. The summed E-state index contributed by atoms with van der Waals surface area (Å²) < 4.78 is 5.07. The summed E-state index contributed by atoms with van der Waals surface area (Å²) in [4.78, 5) is 26.9. The van der Waals surface area contributed by atoms with Crippen LogP contribution in [-0.4, -0.2) is 36.7 Å². The van der Waals surface area contributed by atoms with Crippen molar-refractivity contribution in [3.05, 3.63) is 54.0 Å². The largest absolute Gasteiger partial charge is 0.459 e. The first kappa shape index (κ1) is 15.5. The zero-order valence-corrected chi connectivity index (χ0v) is 13.1. The highest BCUT2D eigenvalue weighted by Crippen LogP contribution is 2.22. The van der Waals surface area contributed by atoms with Gasteiger partial charge in [-0.25, -0.2) is 0 Å². The molecule has 0 unspecified atom stereocenters. The molecule has 1 aromatic heterocycles. The van der Waals surface area contributed by atoms with Gasteiger partial charge in [0.1, 0.15) is 0 Å². The van der Waals surface area contributed by atoms with Crippen LogP contribution in [0.4, 0.5) is 5.69 Å². The monoisotopic (exact) mass is 312 g/mol. The summed E-state index contributed by atoms with van der Waals surface area (Å²) >= 11 is 0. The van der Waals surface area contributed by atoms with Crippen molar-refractivity contribution in [3.63, 3.8) is 0 Å². The van der Waals surface area contributed by atoms with Gasteiger partial charge in [-0.1, -0.05) is 12.1 Å². The Labute approximate surface area is 135 Å². The lowest BCUT2D eigenvalue weighted by Gasteiger charge is -2.28. The average Bonchev–Trinajstić information content (AvgIpc) is 3.10. The van der Waals surface area contributed by atoms with E-state index in [9.17, 15) is 9.59 Å². The maximum atomic E-state index is 12.6. The van der Waals surface area contributed by atoms with Gasteiger partial charge in [-0.15, -0.1) is 0 Å². The van der Waals surface area contributed by atoms with Gasteiger partial charge in [0.15, 0.2) is 11.5 Å². The molecule has 0 aliphatic carbocycles. The van der Waals surface area contributed by atoms with Crippen LogP contribution in [0.15, 0.2) is 47.1 Å². The molecule has 1 saturated heterocycles. The van der Waals surface area contributed by atoms with Crippen LogP contribution in [-0.2, 0) is 0 Å². The van der Waals surface area contributed by atoms with Gasteiger partial charge in [-0.05, 0) is 57.2 Å². The molecule has 1 aliphatic rings. The van der Waals surface area contributed by atoms with E-state index in [4.69, 9.17) is 4.42 Å². The third-order valence-corrected chi connectivity index (χ3v) is 4.24. The molecule has 120 valence electrons. The topological polar surface area (TPSA) is 62.6 Å². The van der Waals surface area contributed by atoms with E-state index in [1.807, 2.05) is 6.07 Å². The van der Waals surface area contributed by atoms with Crippen LogP contribution < -0.4 is 5.32 Å². The number of ketones is 1. The third kappa shape index (κ3) is 3.68. The number of likely N-dealkylation sites (tertiary alicyclic amines) is 1. The minimum absolute atomic E-state index is 0.0715. The van der Waals surface area contributed by atoms with Crippen molar-refractivity contribution in [2.24, 2.45) is 5.92 Å². The molecule has 0 saturated carbocycles. The molecule has 23 heavy (non-hydrogen) atoms. The Balaban J connectivity index is 1.69. The van der Waals surface area contributed by atoms with Crippen molar-refractivity contribution in [1.29, 1.82) is 0 Å². The fourth-order valence-corrected chi connectivity index (χ4v) is 2.86. The standard InChI is InChI=1S/C18H20N2O3/c1-20-9-7-13(8-10-20)17(21)14-4-2-5-15(12-14)19-18(22)16-6-3-11-23-16/h2-6,11-13H,7-10H2,1H3,(H,19,22). The number of Topliss-reactive ketones (excluding diaryl/α,β-unsaturated/α-hetero) is 1. The number of carbonyl (C=O) groups is 2. The minimum Gasteiger partial charge on any atom is -0.459 e. The average molecular weight is 312 g/mol. The van der Waals surface area contributed by atoms with Crippen molar-refractivity contribution < 1.29 is 14.0 Å². The van der Waals surface area contributed by atoms with E-state index in [0.29, 0.717) is 11.3 Å². The summed E-state index contributed by atoms with van der Waals surface area (Å²) in [6, 6.07) is 10.4. The first-order valence-electron chi connectivity index (χ1n) is 7.81. The molecule has 1 aliphatic heterocycles. The van der Waals surface area contributed by atoms with E-state index < -0.39 is 0 Å². The number of amides is 1. The summed E-state index contributed by atoms with van der Waals surface area (Å²) in [6.07, 6.45) is 3.23. The molecule has 0 atom stereocenters. The van der Waals surface area contributed by atoms with E-state index in [-0.39, 0.29) is 23.4 Å². The molecule has 5 nitrogen and oxygen atoms in total. The van der Waals surface area contributed by atoms with Crippen LogP contribution in [0.3, 0.4) is 0 Å². The number of carbonyl (C=O) groups excluding carboxylic acids is 2. The van der Waals surface area contributed by atoms with Gasteiger partial charge in [0, 0.05) is 17.2 Å². The fraction of sp³-hybridized carbons (Fsp3) is 0.333. The maximum Gasteiger partial charge on any atom is 0.291 e. The molecule has 1 fully saturated rings. The number of furan rings is 1. The van der Waals surface area contributed by atoms with Gasteiger partial charge in [-0.3, -0.25) is 9.59 Å². The molecule has 2 heterocycles. The molecule has 1 N–H and O–H groups in total. The van der Waals surface area contributed by atoms with Gasteiger partial charge in [0.25, 0.3) is 5.91 Å². The highest BCUT2D eigenvalue weighted by atomic mass is 16.3. The Bertz CT molecular complexity index is 686. The first-order chi connectivity index (χ1) is 11.1. The second-order valence-electron chi connectivity index (χ2n) is 5.95. The molecular formula is C18H20N2O3. The van der Waals surface area contributed by atoms with Gasteiger partial charge in [-0.2, -0.15) is 0 Å². The number of benzene rings is 1. The van der Waals surface area contributed by atoms with Crippen LogP contribution in [0.1, 0.15) is 33.8 Å². The maximum absolute atomic E-state index is 12.6. The molecule has 3 rings (SSSR count). The van der Waals surface area contributed by atoms with Crippen molar-refractivity contribution in [3.8, 4) is 0 Å². The van der Waals surface area contributed by atoms with Crippen LogP contribution in [0.5, 0.6) is 0 Å². The molecule has 5 heteroatoms. The number of anilines is 1. The number of rotatable bonds is 4. The van der Waals surface area contributed by atoms with Crippen molar-refractivity contribution >= 4 is 17.4 Å². The van der Waals surface area contributed by atoms with Crippen molar-refractivity contribution in [2.45, 2.75) is 12.8 Å². The van der Waals surface area contributed by atoms with Gasteiger partial charge in [0.2, 0.25) is 0 Å². The lowest BCUT2D eigenvalue weighted by atomic mass is 9.89. The summed E-state index contributed by atoms with van der Waals surface area (Å²) in [5.41, 5.74) is 1.25. The summed E-state index contributed by atoms with van der Waals surface area (Å²) in [7, 11) is 2.07. The Morgan fingerprint density at radius 1 is 1.17 bits per heavy atom. The van der Waals surface area contributed by atoms with Crippen molar-refractivity contribution in [2.75, 3.05) is 25.5 Å². The number of piperidine rings is 1. The minimum atomic E-state index is -0.320. The van der Waals surface area contributed by atoms with E-state index in [1.165, 1.54) is 6.26 Å². The Morgan fingerprint density at radius 3 is 2.65 bits per heavy atom. The predicted octanol–water partition coefficient (Wildman–Crippen LogP) is 3.06. The molecular weight excluding hydrogens is 292 g/mol. The van der Waals surface area contributed by atoms with Crippen LogP contribution in [0.2, 0.25) is 0 Å². The highest BCUT2D eigenvalue weighted by Gasteiger charge is 2.24. The fourth-order valence-electron chi connectivity index (χ4n) is 2.86. The summed E-state index contributed by atoms with van der Waals surface area (Å²) in [5, 5.41) is 2.76. The van der Waals surface area contributed by atoms with E-state index >= 15 is 0 Å².